The molecule has 4 fully saturated rings. The Bertz CT molecular complexity index is 3270. The van der Waals surface area contributed by atoms with E-state index in [4.69, 9.17) is 14.2 Å². The topological polar surface area (TPSA) is 326 Å². The molecule has 0 spiro atoms. The van der Waals surface area contributed by atoms with Crippen molar-refractivity contribution in [1.29, 1.82) is 0 Å². The van der Waals surface area contributed by atoms with Crippen LogP contribution in [-0.4, -0.2) is 169 Å². The quantitative estimate of drug-likeness (QED) is 0.0594. The first-order valence-electron chi connectivity index (χ1n) is 31.6. The Labute approximate surface area is 531 Å². The fraction of sp³-hybridized carbons (Fsp3) is 0.600. The van der Waals surface area contributed by atoms with Gasteiger partial charge >= 0.3 is 24.1 Å². The average Bonchev–Trinajstić information content (AvgIpc) is 1.59. The molecule has 0 radical (unpaired) electrons. The third kappa shape index (κ3) is 17.7. The molecule has 0 bridgehead atoms. The van der Waals surface area contributed by atoms with E-state index in [2.05, 4.69) is 52.1 Å². The van der Waals surface area contributed by atoms with Gasteiger partial charge in [0.1, 0.15) is 46.4 Å². The fourth-order valence-electron chi connectivity index (χ4n) is 12.2. The molecule has 2 aromatic carbocycles. The maximum atomic E-state index is 14.3. The summed E-state index contributed by atoms with van der Waals surface area (Å²) in [6.07, 6.45) is 14.6. The number of benzene rings is 2. The lowest BCUT2D eigenvalue weighted by molar-refractivity contribution is -0.150. The lowest BCUT2D eigenvalue weighted by Crippen LogP contribution is -2.56. The van der Waals surface area contributed by atoms with Gasteiger partial charge in [-0.3, -0.25) is 19.2 Å². The molecule has 6 heterocycles. The largest absolute Gasteiger partial charge is 0.479 e. The summed E-state index contributed by atoms with van der Waals surface area (Å²) in [6, 6.07) is 15.7. The van der Waals surface area contributed by atoms with Crippen molar-refractivity contribution >= 4 is 47.8 Å². The zero-order valence-electron chi connectivity index (χ0n) is 52.5. The van der Waals surface area contributed by atoms with Gasteiger partial charge in [-0.05, 0) is 134 Å². The second-order valence-electron chi connectivity index (χ2n) is 26.3. The molecule has 2 saturated carbocycles. The van der Waals surface area contributed by atoms with Crippen LogP contribution in [0.5, 0.6) is 0 Å². The molecule has 5 N–H and O–H groups in total. The number of hydrogen-bond acceptors (Lipinski definition) is 17. The molecule has 10 atom stereocenters. The Balaban J connectivity index is 0.000000232. The van der Waals surface area contributed by atoms with E-state index in [0.717, 1.165) is 49.7 Å². The standard InChI is InChI=1S/C33H45N7O6.C31H41N7O6.CH4/c1-5-45-30(43)33-19-24(33)16-12-7-6-8-13-17-25(34-31(44)46-32(2,3)4)29(42)39-21-23(18-26(39)28(41)35-33)27-36-38-40(37-27)20-22-14-10-9-11-15-22;1-30(2,3)44-29(43)32-23-15-11-6-4-5-10-14-22-17-31(22,28(41)42)33-26(39)24-16-21(19-37(24)27(23)40)25-34-36-38(35-25)18-20-12-8-7-9-13-20;/h9-12,14-16,23-26H,5-8,13,17-21H2,1-4H3,(H,34,44)(H,35,41);7-10,12-14,21-24H,4-6,11,15-19H2,1-3H3,(H,32,43)(H,33,39)(H,41,42);1H4/b16-12-;14-10-;/t23-,24-,25+,26+,33-;21-,22-,23+,24+,31-;/m11./s1. The number of carbonyl (C=O) groups is 8. The van der Waals surface area contributed by atoms with Gasteiger partial charge in [-0.1, -0.05) is 118 Å². The molecule has 2 saturated heterocycles. The van der Waals surface area contributed by atoms with Gasteiger partial charge in [0.25, 0.3) is 0 Å². The van der Waals surface area contributed by atoms with Gasteiger partial charge in [-0.2, -0.15) is 9.59 Å². The number of nitrogens with one attached hydrogen (secondary N) is 4. The monoisotopic (exact) mass is 1260 g/mol. The van der Waals surface area contributed by atoms with E-state index in [-0.39, 0.29) is 58.2 Å². The Morgan fingerprint density at radius 1 is 0.615 bits per heavy atom. The van der Waals surface area contributed by atoms with Crippen LogP contribution in [0.2, 0.25) is 0 Å². The zero-order chi connectivity index (χ0) is 64.4. The summed E-state index contributed by atoms with van der Waals surface area (Å²) in [4.78, 5) is 113. The van der Waals surface area contributed by atoms with Gasteiger partial charge in [0.2, 0.25) is 23.6 Å². The third-order valence-electron chi connectivity index (χ3n) is 17.0. The van der Waals surface area contributed by atoms with E-state index >= 15 is 0 Å². The number of aliphatic carboxylic acids is 1. The number of rotatable bonds is 11. The number of fused-ring (bicyclic) bond motifs is 4. The van der Waals surface area contributed by atoms with Crippen LogP contribution in [0.15, 0.2) is 85.0 Å². The number of carboxylic acids is 1. The Kier molecular flexibility index (Phi) is 22.2. The molecule has 6 aliphatic rings. The number of carbonyl (C=O) groups excluding carboxylic acids is 7. The number of carboxylic acid groups (broad SMARTS) is 1. The Morgan fingerprint density at radius 3 is 1.45 bits per heavy atom. The lowest BCUT2D eigenvalue weighted by atomic mass is 10.0. The minimum absolute atomic E-state index is 0. The highest BCUT2D eigenvalue weighted by molar-refractivity contribution is 5.98. The molecule has 4 aliphatic heterocycles. The summed E-state index contributed by atoms with van der Waals surface area (Å²) in [6.45, 7) is 13.5. The molecule has 6 amide bonds. The van der Waals surface area contributed by atoms with Gasteiger partial charge in [-0.25, -0.2) is 19.2 Å². The normalized spacial score (nSPS) is 27.8. The van der Waals surface area contributed by atoms with Crippen molar-refractivity contribution in [3.8, 4) is 0 Å². The van der Waals surface area contributed by atoms with Crippen LogP contribution >= 0.6 is 0 Å². The number of amides is 6. The van der Waals surface area contributed by atoms with Crippen LogP contribution < -0.4 is 21.3 Å². The highest BCUT2D eigenvalue weighted by atomic mass is 16.6. The predicted molar refractivity (Wildman–Crippen MR) is 332 cm³/mol. The van der Waals surface area contributed by atoms with Crippen LogP contribution in [0, 0.1) is 11.8 Å². The molecule has 492 valence electrons. The molecule has 26 heteroatoms. The van der Waals surface area contributed by atoms with Crippen molar-refractivity contribution in [3.05, 3.63) is 108 Å². The SMILES string of the molecule is C.CC(C)(C)OC(=O)N[C@H]1CCCCC/C=C\[C@@H]2C[C@@]2(C(=O)O)NC(=O)[C@@H]2C[C@@H](c3nnn(Cc4ccccc4)n3)CN2C1=O.CCOC(=O)[C@@]12C[C@H]1/C=C\CCCCC[C@H](NC(=O)OC(C)(C)C)C(=O)N1C[C@H](c3nnn(Cc4ccccc4)n3)C[C@H]1C(=O)N2. The van der Waals surface area contributed by atoms with Crippen molar-refractivity contribution < 1.29 is 57.7 Å². The first-order chi connectivity index (χ1) is 42.9. The van der Waals surface area contributed by atoms with Crippen LogP contribution in [0.25, 0.3) is 0 Å². The van der Waals surface area contributed by atoms with E-state index in [1.165, 1.54) is 19.4 Å². The highest BCUT2D eigenvalue weighted by Crippen LogP contribution is 2.47. The van der Waals surface area contributed by atoms with Crippen molar-refractivity contribution in [3.63, 3.8) is 0 Å². The first kappa shape index (κ1) is 68.3. The van der Waals surface area contributed by atoms with Crippen LogP contribution in [0.3, 0.4) is 0 Å². The maximum absolute atomic E-state index is 14.3. The molecular formula is C65H90N14O12. The van der Waals surface area contributed by atoms with Crippen molar-refractivity contribution in [1.82, 2.24) is 71.5 Å². The number of nitrogens with zero attached hydrogens (tertiary/aromatic N) is 10. The Morgan fingerprint density at radius 2 is 1.03 bits per heavy atom. The summed E-state index contributed by atoms with van der Waals surface area (Å²) in [5.74, 6) is -3.94. The summed E-state index contributed by atoms with van der Waals surface area (Å²) >= 11 is 0. The van der Waals surface area contributed by atoms with Gasteiger partial charge < -0.3 is 50.4 Å². The first-order valence-corrected chi connectivity index (χ1v) is 31.6. The molecule has 10 rings (SSSR count). The molecule has 91 heavy (non-hydrogen) atoms. The van der Waals surface area contributed by atoms with Crippen molar-refractivity contribution in [2.75, 3.05) is 19.7 Å². The minimum Gasteiger partial charge on any atom is -0.479 e. The minimum atomic E-state index is -1.41. The second-order valence-corrected chi connectivity index (χ2v) is 26.3. The van der Waals surface area contributed by atoms with Crippen molar-refractivity contribution in [2.45, 2.75) is 217 Å². The number of allylic oxidation sites excluding steroid dienone is 2. The van der Waals surface area contributed by atoms with Gasteiger partial charge in [0.15, 0.2) is 11.6 Å². The van der Waals surface area contributed by atoms with E-state index in [9.17, 15) is 43.5 Å². The van der Waals surface area contributed by atoms with Crippen molar-refractivity contribution in [2.24, 2.45) is 11.8 Å². The zero-order valence-corrected chi connectivity index (χ0v) is 52.5. The van der Waals surface area contributed by atoms with Crippen LogP contribution in [0.1, 0.15) is 180 Å². The Hall–Kier alpha value is -8.58. The highest BCUT2D eigenvalue weighted by Gasteiger charge is 2.63. The summed E-state index contributed by atoms with van der Waals surface area (Å²) in [7, 11) is 0. The van der Waals surface area contributed by atoms with Crippen LogP contribution in [0.4, 0.5) is 9.59 Å². The lowest BCUT2D eigenvalue weighted by Gasteiger charge is -2.30. The van der Waals surface area contributed by atoms with E-state index < -0.39 is 106 Å². The smallest absolute Gasteiger partial charge is 0.408 e. The average molecular weight is 1260 g/mol. The van der Waals surface area contributed by atoms with E-state index in [1.807, 2.05) is 85.0 Å². The number of esters is 1. The number of alkyl carbamates (subject to hydrolysis) is 2. The molecule has 4 aromatic rings. The predicted octanol–water partition coefficient (Wildman–Crippen LogP) is 6.67. The van der Waals surface area contributed by atoms with Gasteiger partial charge in [-0.15, -0.1) is 20.4 Å². The second kappa shape index (κ2) is 29.6. The van der Waals surface area contributed by atoms with E-state index in [1.54, 1.807) is 48.5 Å². The number of tetrazole rings is 2. The number of hydrogen-bond donors (Lipinski definition) is 5. The molecule has 26 nitrogen and oxygen atoms in total. The summed E-state index contributed by atoms with van der Waals surface area (Å²) in [5, 5.41) is 47.4. The van der Waals surface area contributed by atoms with Crippen LogP contribution in [-0.2, 0) is 56.1 Å². The molecular weight excluding hydrogens is 1170 g/mol. The van der Waals surface area contributed by atoms with Gasteiger partial charge in [0.05, 0.1) is 19.7 Å². The fourth-order valence-corrected chi connectivity index (χ4v) is 12.2. The molecule has 2 aliphatic carbocycles. The number of ether oxygens (including phenoxy) is 3. The summed E-state index contributed by atoms with van der Waals surface area (Å²) < 4.78 is 16.3. The van der Waals surface area contributed by atoms with Gasteiger partial charge in [0, 0.05) is 36.8 Å². The maximum Gasteiger partial charge on any atom is 0.408 e. The molecule has 2 aromatic heterocycles. The summed E-state index contributed by atoms with van der Waals surface area (Å²) in [5.41, 5.74) is -2.10. The third-order valence-corrected chi connectivity index (χ3v) is 17.0. The van der Waals surface area contributed by atoms with E-state index in [0.29, 0.717) is 56.8 Å². The number of aromatic nitrogens is 8. The molecule has 0 unspecified atom stereocenters.